The Kier molecular flexibility index (Phi) is 4.34. The Balaban J connectivity index is 1.71. The molecule has 0 radical (unpaired) electrons. The van der Waals surface area contributed by atoms with Gasteiger partial charge >= 0.3 is 0 Å². The van der Waals surface area contributed by atoms with Gasteiger partial charge in [0.05, 0.1) is 17.6 Å². The van der Waals surface area contributed by atoms with Crippen LogP contribution in [0.1, 0.15) is 33.6 Å². The predicted octanol–water partition coefficient (Wildman–Crippen LogP) is 1.01. The van der Waals surface area contributed by atoms with E-state index in [0.717, 1.165) is 17.0 Å². The summed E-state index contributed by atoms with van der Waals surface area (Å²) in [5.41, 5.74) is 8.84. The number of aromatic nitrogens is 7. The summed E-state index contributed by atoms with van der Waals surface area (Å²) in [5.74, 6) is -1.22. The Labute approximate surface area is 165 Å². The highest BCUT2D eigenvalue weighted by molar-refractivity contribution is 6.07. The number of hydrogen-bond acceptors (Lipinski definition) is 6. The zero-order valence-corrected chi connectivity index (χ0v) is 16.1. The highest BCUT2D eigenvalue weighted by atomic mass is 16.2. The Hall–Kier alpha value is -4.02. The lowest BCUT2D eigenvalue weighted by molar-refractivity contribution is 0.0995. The summed E-state index contributed by atoms with van der Waals surface area (Å²) in [4.78, 5) is 28.6. The molecule has 0 fully saturated rings. The van der Waals surface area contributed by atoms with E-state index in [2.05, 4.69) is 25.6 Å². The number of aryl methyl sites for hydroxylation is 2. The maximum Gasteiger partial charge on any atom is 0.276 e. The molecule has 4 heterocycles. The van der Waals surface area contributed by atoms with E-state index in [9.17, 15) is 9.59 Å². The topological polar surface area (TPSA) is 138 Å². The number of nitrogens with one attached hydrogen (secondary N) is 1. The fourth-order valence-corrected chi connectivity index (χ4v) is 3.00. The van der Waals surface area contributed by atoms with Gasteiger partial charge in [0.1, 0.15) is 0 Å². The van der Waals surface area contributed by atoms with Gasteiger partial charge in [-0.3, -0.25) is 19.0 Å². The lowest BCUT2D eigenvalue weighted by Crippen LogP contribution is -2.18. The molecule has 0 saturated carbocycles. The normalized spacial score (nSPS) is 11.1. The van der Waals surface area contributed by atoms with Crippen molar-refractivity contribution in [1.82, 2.24) is 34.2 Å². The fourth-order valence-electron chi connectivity index (χ4n) is 3.00. The van der Waals surface area contributed by atoms with Crippen LogP contribution in [0.25, 0.3) is 16.9 Å². The number of hydrogen-bond donors (Lipinski definition) is 2. The summed E-state index contributed by atoms with van der Waals surface area (Å²) in [6.45, 7) is 4.34. The molecule has 0 saturated heterocycles. The Bertz CT molecular complexity index is 1250. The molecule has 0 aliphatic rings. The molecule has 4 aromatic heterocycles. The molecule has 4 rings (SSSR count). The second-order valence-corrected chi connectivity index (χ2v) is 6.46. The van der Waals surface area contributed by atoms with Gasteiger partial charge in [-0.1, -0.05) is 0 Å². The molecular weight excluding hydrogens is 374 g/mol. The molecule has 4 aromatic rings. The van der Waals surface area contributed by atoms with Crippen molar-refractivity contribution in [2.75, 3.05) is 5.32 Å². The summed E-state index contributed by atoms with van der Waals surface area (Å²) >= 11 is 0. The third-order valence-corrected chi connectivity index (χ3v) is 4.67. The summed E-state index contributed by atoms with van der Waals surface area (Å²) in [6, 6.07) is 3.38. The summed E-state index contributed by atoms with van der Waals surface area (Å²) < 4.78 is 4.86. The third kappa shape index (κ3) is 3.12. The molecule has 0 spiro atoms. The predicted molar refractivity (Wildman–Crippen MR) is 104 cm³/mol. The number of carbonyl (C=O) groups excluding carboxylic acids is 2. The van der Waals surface area contributed by atoms with E-state index in [4.69, 9.17) is 5.73 Å². The second kappa shape index (κ2) is 6.86. The van der Waals surface area contributed by atoms with Crippen LogP contribution < -0.4 is 11.1 Å². The van der Waals surface area contributed by atoms with Crippen LogP contribution in [0.4, 0.5) is 5.69 Å². The largest absolute Gasteiger partial charge is 0.364 e. The van der Waals surface area contributed by atoms with Crippen LogP contribution in [0.5, 0.6) is 0 Å². The Morgan fingerprint density at radius 2 is 2.07 bits per heavy atom. The zero-order valence-electron chi connectivity index (χ0n) is 16.1. The van der Waals surface area contributed by atoms with E-state index >= 15 is 0 Å². The van der Waals surface area contributed by atoms with Gasteiger partial charge in [0.2, 0.25) is 0 Å². The van der Waals surface area contributed by atoms with Gasteiger partial charge in [-0.25, -0.2) is 9.50 Å². The quantitative estimate of drug-likeness (QED) is 0.519. The van der Waals surface area contributed by atoms with Gasteiger partial charge in [-0.05, 0) is 19.9 Å². The van der Waals surface area contributed by atoms with Gasteiger partial charge in [-0.15, -0.1) is 0 Å². The smallest absolute Gasteiger partial charge is 0.276 e. The molecular formula is C18H19N9O2. The summed E-state index contributed by atoms with van der Waals surface area (Å²) in [6.07, 6.45) is 4.94. The number of carbonyl (C=O) groups is 2. The van der Waals surface area contributed by atoms with E-state index in [0.29, 0.717) is 12.2 Å². The molecule has 3 N–H and O–H groups in total. The van der Waals surface area contributed by atoms with Crippen molar-refractivity contribution in [3.05, 3.63) is 47.8 Å². The standard InChI is InChI=1S/C18H19N9O2/c1-4-26-9-13(16(24-26)17(19)28)22-18(29)12-7-15-20-6-5-14(27(15)23-12)11-8-21-25(3)10(11)2/h5-9H,4H2,1-3H3,(H2,19,28)(H,22,29). The zero-order chi connectivity index (χ0) is 20.7. The van der Waals surface area contributed by atoms with Crippen molar-refractivity contribution in [3.63, 3.8) is 0 Å². The monoisotopic (exact) mass is 393 g/mol. The number of nitrogens with zero attached hydrogens (tertiary/aromatic N) is 7. The average molecular weight is 393 g/mol. The molecule has 2 amide bonds. The van der Waals surface area contributed by atoms with Crippen LogP contribution in [-0.2, 0) is 13.6 Å². The Morgan fingerprint density at radius 3 is 2.72 bits per heavy atom. The average Bonchev–Trinajstić information content (AvgIpc) is 3.39. The van der Waals surface area contributed by atoms with Crippen molar-refractivity contribution < 1.29 is 9.59 Å². The van der Waals surface area contributed by atoms with Crippen LogP contribution >= 0.6 is 0 Å². The molecule has 0 atom stereocenters. The first-order valence-electron chi connectivity index (χ1n) is 8.91. The van der Waals surface area contributed by atoms with Gasteiger partial charge in [0, 0.05) is 43.3 Å². The van der Waals surface area contributed by atoms with Crippen molar-refractivity contribution in [1.29, 1.82) is 0 Å². The van der Waals surface area contributed by atoms with Gasteiger partial charge in [0.25, 0.3) is 11.8 Å². The minimum Gasteiger partial charge on any atom is -0.364 e. The van der Waals surface area contributed by atoms with E-state index < -0.39 is 11.8 Å². The highest BCUT2D eigenvalue weighted by Gasteiger charge is 2.20. The number of nitrogens with two attached hydrogens (primary N) is 1. The van der Waals surface area contributed by atoms with E-state index in [1.165, 1.54) is 4.68 Å². The first-order chi connectivity index (χ1) is 13.9. The van der Waals surface area contributed by atoms with Crippen molar-refractivity contribution in [3.8, 4) is 11.3 Å². The van der Waals surface area contributed by atoms with E-state index in [-0.39, 0.29) is 17.1 Å². The van der Waals surface area contributed by atoms with Crippen LogP contribution in [0.15, 0.2) is 30.7 Å². The lowest BCUT2D eigenvalue weighted by atomic mass is 10.2. The SMILES string of the molecule is CCn1cc(NC(=O)c2cc3nccc(-c4cnn(C)c4C)n3n2)c(C(N)=O)n1. The van der Waals surface area contributed by atoms with Crippen molar-refractivity contribution in [2.24, 2.45) is 12.8 Å². The number of fused-ring (bicyclic) bond motifs is 1. The number of anilines is 1. The first kappa shape index (κ1) is 18.3. The lowest BCUT2D eigenvalue weighted by Gasteiger charge is -2.04. The van der Waals surface area contributed by atoms with Crippen molar-refractivity contribution >= 4 is 23.1 Å². The molecule has 148 valence electrons. The van der Waals surface area contributed by atoms with Crippen molar-refractivity contribution in [2.45, 2.75) is 20.4 Å². The Morgan fingerprint density at radius 1 is 1.28 bits per heavy atom. The fraction of sp³-hybridized carbons (Fsp3) is 0.222. The number of primary amides is 1. The summed E-state index contributed by atoms with van der Waals surface area (Å²) in [7, 11) is 1.85. The molecule has 0 aliphatic carbocycles. The summed E-state index contributed by atoms with van der Waals surface area (Å²) in [5, 5.41) is 15.4. The van der Waals surface area contributed by atoms with E-state index in [1.54, 1.807) is 33.9 Å². The number of amides is 2. The molecule has 0 unspecified atom stereocenters. The highest BCUT2D eigenvalue weighted by Crippen LogP contribution is 2.23. The molecule has 29 heavy (non-hydrogen) atoms. The minimum atomic E-state index is -0.724. The maximum absolute atomic E-state index is 12.8. The van der Waals surface area contributed by atoms with Gasteiger partial charge in [0.15, 0.2) is 17.0 Å². The molecule has 0 bridgehead atoms. The third-order valence-electron chi connectivity index (χ3n) is 4.67. The van der Waals surface area contributed by atoms with E-state index in [1.807, 2.05) is 27.0 Å². The van der Waals surface area contributed by atoms with Gasteiger partial charge < -0.3 is 11.1 Å². The second-order valence-electron chi connectivity index (χ2n) is 6.46. The van der Waals surface area contributed by atoms with Crippen LogP contribution in [0.2, 0.25) is 0 Å². The van der Waals surface area contributed by atoms with Gasteiger partial charge in [-0.2, -0.15) is 15.3 Å². The maximum atomic E-state index is 12.8. The molecule has 11 heteroatoms. The first-order valence-corrected chi connectivity index (χ1v) is 8.91. The minimum absolute atomic E-state index is 0.00578. The van der Waals surface area contributed by atoms with Crippen LogP contribution in [-0.4, -0.2) is 46.0 Å². The van der Waals surface area contributed by atoms with Crippen LogP contribution in [0, 0.1) is 6.92 Å². The molecule has 0 aromatic carbocycles. The number of rotatable bonds is 5. The molecule has 11 nitrogen and oxygen atoms in total. The molecule has 0 aliphatic heterocycles. The van der Waals surface area contributed by atoms with Crippen LogP contribution in [0.3, 0.4) is 0 Å².